The number of hydrogen-bond acceptors (Lipinski definition) is 4. The summed E-state index contributed by atoms with van der Waals surface area (Å²) in [6.07, 6.45) is 1.43. The van der Waals surface area contributed by atoms with Crippen LogP contribution in [0.25, 0.3) is 10.9 Å². The van der Waals surface area contributed by atoms with Gasteiger partial charge in [-0.2, -0.15) is 0 Å². The number of benzene rings is 1. The van der Waals surface area contributed by atoms with Crippen molar-refractivity contribution in [1.29, 1.82) is 0 Å². The van der Waals surface area contributed by atoms with Crippen LogP contribution in [0.4, 0.5) is 0 Å². The van der Waals surface area contributed by atoms with Crippen molar-refractivity contribution in [2.75, 3.05) is 33.4 Å². The standard InChI is InChI=1S/C20H29N3O3S/c1-14-10-16-12-17(19(25)22-18(16)11-15(14)2)13-23(7-5-8-24)20(27)21-6-4-9-26-3/h10-12,24H,4-9,13H2,1-3H3,(H,21,27)(H,22,25). The zero-order valence-electron chi connectivity index (χ0n) is 16.3. The molecule has 0 bridgehead atoms. The molecule has 0 spiro atoms. The quantitative estimate of drug-likeness (QED) is 0.450. The maximum absolute atomic E-state index is 12.5. The lowest BCUT2D eigenvalue weighted by Crippen LogP contribution is -2.41. The Labute approximate surface area is 165 Å². The van der Waals surface area contributed by atoms with Crippen LogP contribution in [0.2, 0.25) is 0 Å². The first-order valence-electron chi connectivity index (χ1n) is 9.22. The highest BCUT2D eigenvalue weighted by molar-refractivity contribution is 7.80. The molecule has 1 aromatic heterocycles. The summed E-state index contributed by atoms with van der Waals surface area (Å²) in [7, 11) is 1.67. The Morgan fingerprint density at radius 1 is 1.26 bits per heavy atom. The molecule has 0 aliphatic heterocycles. The zero-order chi connectivity index (χ0) is 19.8. The fourth-order valence-electron chi connectivity index (χ4n) is 2.88. The third-order valence-electron chi connectivity index (χ3n) is 4.57. The van der Waals surface area contributed by atoms with Gasteiger partial charge in [0, 0.05) is 44.5 Å². The SMILES string of the molecule is COCCCNC(=S)N(CCCO)Cc1cc2cc(C)c(C)cc2[nH]c1=O. The van der Waals surface area contributed by atoms with E-state index in [9.17, 15) is 9.90 Å². The van der Waals surface area contributed by atoms with E-state index in [0.717, 1.165) is 22.9 Å². The van der Waals surface area contributed by atoms with Gasteiger partial charge in [-0.25, -0.2) is 0 Å². The number of aromatic amines is 1. The first kappa shape index (κ1) is 21.3. The molecule has 0 amide bonds. The van der Waals surface area contributed by atoms with E-state index >= 15 is 0 Å². The van der Waals surface area contributed by atoms with E-state index in [1.54, 1.807) is 7.11 Å². The lowest BCUT2D eigenvalue weighted by Gasteiger charge is -2.25. The van der Waals surface area contributed by atoms with Gasteiger partial charge in [-0.1, -0.05) is 0 Å². The number of aryl methyl sites for hydroxylation is 2. The molecule has 0 radical (unpaired) electrons. The van der Waals surface area contributed by atoms with Gasteiger partial charge in [0.2, 0.25) is 0 Å². The highest BCUT2D eigenvalue weighted by Gasteiger charge is 2.13. The van der Waals surface area contributed by atoms with Gasteiger partial charge in [0.15, 0.2) is 5.11 Å². The Bertz CT molecular complexity index is 835. The van der Waals surface area contributed by atoms with Gasteiger partial charge >= 0.3 is 0 Å². The van der Waals surface area contributed by atoms with E-state index in [-0.39, 0.29) is 12.2 Å². The Kier molecular flexibility index (Phi) is 8.22. The van der Waals surface area contributed by atoms with Crippen LogP contribution in [0.5, 0.6) is 0 Å². The molecule has 7 heteroatoms. The Hall–Kier alpha value is -1.96. The molecule has 0 fully saturated rings. The fourth-order valence-corrected chi connectivity index (χ4v) is 3.14. The van der Waals surface area contributed by atoms with Crippen molar-refractivity contribution in [3.05, 3.63) is 45.2 Å². The number of nitrogens with zero attached hydrogens (tertiary/aromatic N) is 1. The van der Waals surface area contributed by atoms with Crippen molar-refractivity contribution in [3.8, 4) is 0 Å². The summed E-state index contributed by atoms with van der Waals surface area (Å²) >= 11 is 5.49. The zero-order valence-corrected chi connectivity index (χ0v) is 17.1. The van der Waals surface area contributed by atoms with Crippen LogP contribution in [0.1, 0.15) is 29.5 Å². The number of aromatic nitrogens is 1. The van der Waals surface area contributed by atoms with Gasteiger partial charge in [-0.15, -0.1) is 0 Å². The minimum Gasteiger partial charge on any atom is -0.396 e. The second kappa shape index (κ2) is 10.4. The molecule has 0 aliphatic carbocycles. The van der Waals surface area contributed by atoms with Crippen LogP contribution in [0.15, 0.2) is 23.0 Å². The van der Waals surface area contributed by atoms with Crippen LogP contribution < -0.4 is 10.9 Å². The topological polar surface area (TPSA) is 77.6 Å². The smallest absolute Gasteiger partial charge is 0.253 e. The number of thiocarbonyl (C=S) groups is 1. The minimum atomic E-state index is -0.109. The van der Waals surface area contributed by atoms with Gasteiger partial charge in [-0.05, 0) is 73.6 Å². The van der Waals surface area contributed by atoms with Crippen molar-refractivity contribution in [3.63, 3.8) is 0 Å². The maximum atomic E-state index is 12.5. The molecule has 0 atom stereocenters. The summed E-state index contributed by atoms with van der Waals surface area (Å²) in [5.41, 5.74) is 3.73. The summed E-state index contributed by atoms with van der Waals surface area (Å²) in [6, 6.07) is 6.02. The van der Waals surface area contributed by atoms with E-state index in [4.69, 9.17) is 17.0 Å². The third-order valence-corrected chi connectivity index (χ3v) is 4.97. The van der Waals surface area contributed by atoms with E-state index in [0.29, 0.717) is 43.3 Å². The van der Waals surface area contributed by atoms with Crippen molar-refractivity contribution < 1.29 is 9.84 Å². The molecule has 1 aromatic carbocycles. The number of nitrogens with one attached hydrogen (secondary N) is 2. The number of ether oxygens (including phenoxy) is 1. The summed E-state index contributed by atoms with van der Waals surface area (Å²) in [5.74, 6) is 0. The van der Waals surface area contributed by atoms with Crippen molar-refractivity contribution >= 4 is 28.2 Å². The Balaban J connectivity index is 2.20. The van der Waals surface area contributed by atoms with Crippen molar-refractivity contribution in [1.82, 2.24) is 15.2 Å². The molecule has 0 saturated heterocycles. The molecule has 27 heavy (non-hydrogen) atoms. The molecule has 3 N–H and O–H groups in total. The lowest BCUT2D eigenvalue weighted by atomic mass is 10.0. The largest absolute Gasteiger partial charge is 0.396 e. The van der Waals surface area contributed by atoms with Crippen LogP contribution in [0, 0.1) is 13.8 Å². The maximum Gasteiger partial charge on any atom is 0.253 e. The van der Waals surface area contributed by atoms with E-state index < -0.39 is 0 Å². The average molecular weight is 392 g/mol. The predicted molar refractivity (Wildman–Crippen MR) is 113 cm³/mol. The molecule has 1 heterocycles. The molecule has 0 unspecified atom stereocenters. The molecule has 6 nitrogen and oxygen atoms in total. The van der Waals surface area contributed by atoms with Gasteiger partial charge in [0.25, 0.3) is 5.56 Å². The summed E-state index contributed by atoms with van der Waals surface area (Å²) < 4.78 is 5.04. The number of aliphatic hydroxyl groups excluding tert-OH is 1. The second-order valence-electron chi connectivity index (χ2n) is 6.72. The third kappa shape index (κ3) is 6.02. The molecule has 0 saturated carbocycles. The lowest BCUT2D eigenvalue weighted by molar-refractivity contribution is 0.195. The average Bonchev–Trinajstić information content (AvgIpc) is 2.64. The number of pyridine rings is 1. The van der Waals surface area contributed by atoms with Crippen LogP contribution in [-0.4, -0.2) is 53.5 Å². The Morgan fingerprint density at radius 2 is 2.00 bits per heavy atom. The molecule has 2 aromatic rings. The van der Waals surface area contributed by atoms with Gasteiger partial charge in [-0.3, -0.25) is 4.79 Å². The van der Waals surface area contributed by atoms with E-state index in [1.165, 1.54) is 5.56 Å². The van der Waals surface area contributed by atoms with Crippen LogP contribution >= 0.6 is 12.2 Å². The molecular formula is C20H29N3O3S. The minimum absolute atomic E-state index is 0.0787. The van der Waals surface area contributed by atoms with E-state index in [1.807, 2.05) is 24.0 Å². The highest BCUT2D eigenvalue weighted by atomic mass is 32.1. The summed E-state index contributed by atoms with van der Waals surface area (Å²) in [4.78, 5) is 17.4. The fraction of sp³-hybridized carbons (Fsp3) is 0.500. The number of aliphatic hydroxyl groups is 1. The van der Waals surface area contributed by atoms with Gasteiger partial charge < -0.3 is 25.0 Å². The van der Waals surface area contributed by atoms with Crippen LogP contribution in [-0.2, 0) is 11.3 Å². The van der Waals surface area contributed by atoms with Crippen molar-refractivity contribution in [2.24, 2.45) is 0 Å². The highest BCUT2D eigenvalue weighted by Crippen LogP contribution is 2.18. The summed E-state index contributed by atoms with van der Waals surface area (Å²) in [6.45, 7) is 6.52. The Morgan fingerprint density at radius 3 is 2.70 bits per heavy atom. The van der Waals surface area contributed by atoms with Gasteiger partial charge in [0.05, 0.1) is 6.54 Å². The number of hydrogen-bond donors (Lipinski definition) is 3. The second-order valence-corrected chi connectivity index (χ2v) is 7.11. The van der Waals surface area contributed by atoms with Crippen molar-refractivity contribution in [2.45, 2.75) is 33.2 Å². The monoisotopic (exact) mass is 391 g/mol. The summed E-state index contributed by atoms with van der Waals surface area (Å²) in [5, 5.41) is 14.0. The predicted octanol–water partition coefficient (Wildman–Crippen LogP) is 2.24. The molecule has 2 rings (SSSR count). The normalized spacial score (nSPS) is 11.0. The first-order valence-corrected chi connectivity index (χ1v) is 9.62. The van der Waals surface area contributed by atoms with Crippen LogP contribution in [0.3, 0.4) is 0 Å². The van der Waals surface area contributed by atoms with E-state index in [2.05, 4.69) is 23.3 Å². The number of H-pyrrole nitrogens is 1. The first-order chi connectivity index (χ1) is 13.0. The molecule has 0 aliphatic rings. The van der Waals surface area contributed by atoms with Gasteiger partial charge in [0.1, 0.15) is 0 Å². The molecule has 148 valence electrons. The number of rotatable bonds is 9. The number of fused-ring (bicyclic) bond motifs is 1. The molecular weight excluding hydrogens is 362 g/mol. The number of methoxy groups -OCH3 is 1.